The van der Waals surface area contributed by atoms with E-state index in [-0.39, 0.29) is 28.5 Å². The van der Waals surface area contributed by atoms with E-state index in [1.807, 2.05) is 13.8 Å². The predicted molar refractivity (Wildman–Crippen MR) is 142 cm³/mol. The fourth-order valence-electron chi connectivity index (χ4n) is 4.37. The highest BCUT2D eigenvalue weighted by Crippen LogP contribution is 2.34. The molecule has 2 aromatic carbocycles. The largest absolute Gasteiger partial charge is 0.399 e. The van der Waals surface area contributed by atoms with E-state index >= 15 is 4.39 Å². The number of nitrogens with two attached hydrogens (primary N) is 1. The third kappa shape index (κ3) is 4.10. The minimum absolute atomic E-state index is 0.0243. The Morgan fingerprint density at radius 1 is 1.00 bits per heavy atom. The lowest BCUT2D eigenvalue weighted by Crippen LogP contribution is -2.42. The van der Waals surface area contributed by atoms with Gasteiger partial charge in [0.25, 0.3) is 11.1 Å². The number of fused-ring (bicyclic) bond motifs is 1. The summed E-state index contributed by atoms with van der Waals surface area (Å²) in [5, 5.41) is 3.29. The van der Waals surface area contributed by atoms with Crippen molar-refractivity contribution < 1.29 is 4.39 Å². The summed E-state index contributed by atoms with van der Waals surface area (Å²) in [7, 11) is 1.48. The van der Waals surface area contributed by atoms with Gasteiger partial charge in [0.15, 0.2) is 0 Å². The summed E-state index contributed by atoms with van der Waals surface area (Å²) in [6, 6.07) is 11.1. The second-order valence-corrected chi connectivity index (χ2v) is 8.79. The van der Waals surface area contributed by atoms with Gasteiger partial charge in [-0.3, -0.25) is 18.7 Å². The Kier molecular flexibility index (Phi) is 6.58. The van der Waals surface area contributed by atoms with Crippen molar-refractivity contribution in [1.82, 2.24) is 13.7 Å². The zero-order chi connectivity index (χ0) is 26.3. The molecule has 0 amide bonds. The van der Waals surface area contributed by atoms with E-state index < -0.39 is 22.6 Å². The monoisotopic (exact) mass is 491 g/mol. The van der Waals surface area contributed by atoms with Crippen molar-refractivity contribution in [2.45, 2.75) is 46.6 Å². The summed E-state index contributed by atoms with van der Waals surface area (Å²) in [6.45, 7) is 7.35. The molecule has 1 saturated carbocycles. The highest BCUT2D eigenvalue weighted by atomic mass is 19.1. The molecule has 0 atom stereocenters. The Morgan fingerprint density at radius 3 is 2.31 bits per heavy atom. The molecule has 0 saturated heterocycles. The quantitative estimate of drug-likeness (QED) is 0.415. The Morgan fingerprint density at radius 2 is 1.69 bits per heavy atom. The van der Waals surface area contributed by atoms with Crippen LogP contribution in [0.4, 0.5) is 21.5 Å². The third-order valence-electron chi connectivity index (χ3n) is 6.25. The van der Waals surface area contributed by atoms with E-state index in [9.17, 15) is 14.4 Å². The summed E-state index contributed by atoms with van der Waals surface area (Å²) < 4.78 is 18.7. The molecule has 4 aromatic rings. The molecule has 8 nitrogen and oxygen atoms in total. The smallest absolute Gasteiger partial charge is 0.337 e. The maximum Gasteiger partial charge on any atom is 0.337 e. The first kappa shape index (κ1) is 25.0. The molecule has 2 aromatic heterocycles. The van der Waals surface area contributed by atoms with Crippen LogP contribution in [0.2, 0.25) is 0 Å². The van der Waals surface area contributed by atoms with Crippen LogP contribution < -0.4 is 27.9 Å². The van der Waals surface area contributed by atoms with Gasteiger partial charge in [0.1, 0.15) is 16.9 Å². The second-order valence-electron chi connectivity index (χ2n) is 8.79. The molecule has 0 bridgehead atoms. The van der Waals surface area contributed by atoms with E-state index in [0.717, 1.165) is 4.57 Å². The number of benzene rings is 2. The van der Waals surface area contributed by atoms with Gasteiger partial charge in [0.05, 0.1) is 11.4 Å². The molecule has 0 aliphatic heterocycles. The summed E-state index contributed by atoms with van der Waals surface area (Å²) in [5.74, 6) is -0.622. The number of aryl methyl sites for hydroxylation is 2. The summed E-state index contributed by atoms with van der Waals surface area (Å²) in [5.41, 5.74) is 6.64. The number of hydrogen-bond acceptors (Lipinski definition) is 5. The molecule has 0 radical (unpaired) electrons. The highest BCUT2D eigenvalue weighted by molar-refractivity contribution is 5.93. The first-order chi connectivity index (χ1) is 17.2. The lowest BCUT2D eigenvalue weighted by Gasteiger charge is -2.20. The van der Waals surface area contributed by atoms with Gasteiger partial charge in [-0.2, -0.15) is 0 Å². The lowest BCUT2D eigenvalue weighted by atomic mass is 10.1. The van der Waals surface area contributed by atoms with Crippen molar-refractivity contribution in [2.75, 3.05) is 11.1 Å². The molecule has 188 valence electrons. The molecular weight excluding hydrogens is 461 g/mol. The van der Waals surface area contributed by atoms with Crippen LogP contribution >= 0.6 is 0 Å². The summed E-state index contributed by atoms with van der Waals surface area (Å²) in [6.07, 6.45) is 1.36. The normalized spacial score (nSPS) is 12.8. The second kappa shape index (κ2) is 9.49. The van der Waals surface area contributed by atoms with Crippen molar-refractivity contribution in [1.29, 1.82) is 0 Å². The van der Waals surface area contributed by atoms with Gasteiger partial charge in [-0.15, -0.1) is 0 Å². The zero-order valence-corrected chi connectivity index (χ0v) is 21.1. The van der Waals surface area contributed by atoms with Gasteiger partial charge in [0.2, 0.25) is 0 Å². The molecular formula is C27H30FN5O3. The van der Waals surface area contributed by atoms with E-state index in [1.165, 1.54) is 28.3 Å². The van der Waals surface area contributed by atoms with Crippen molar-refractivity contribution in [3.05, 3.63) is 90.6 Å². The van der Waals surface area contributed by atoms with Crippen molar-refractivity contribution in [3.8, 4) is 5.69 Å². The first-order valence-electron chi connectivity index (χ1n) is 12.0. The minimum atomic E-state index is -0.670. The van der Waals surface area contributed by atoms with Crippen molar-refractivity contribution in [3.63, 3.8) is 0 Å². The van der Waals surface area contributed by atoms with Crippen molar-refractivity contribution in [2.24, 2.45) is 7.05 Å². The molecule has 5 rings (SSSR count). The standard InChI is InChI=1S/C25H24FN5O3.C2H6/c1-13-7-10-19(18(26)11-13)31-22-20(24(33)30(25(31)34)17-8-9-17)21(14(2)23(32)29(22)3)28-16-6-4-5-15(27)12-16;1-2/h4-7,10-12,17,28H,8-9,27H2,1-3H3;1-2H3. The van der Waals surface area contributed by atoms with Crippen LogP contribution in [0.1, 0.15) is 43.9 Å². The number of nitrogen functional groups attached to an aromatic ring is 1. The molecule has 36 heavy (non-hydrogen) atoms. The zero-order valence-electron chi connectivity index (χ0n) is 21.1. The van der Waals surface area contributed by atoms with Crippen LogP contribution in [0.3, 0.4) is 0 Å². The summed E-state index contributed by atoms with van der Waals surface area (Å²) >= 11 is 0. The fourth-order valence-corrected chi connectivity index (χ4v) is 4.37. The third-order valence-corrected chi connectivity index (χ3v) is 6.25. The van der Waals surface area contributed by atoms with Crippen LogP contribution in [0.25, 0.3) is 16.7 Å². The van der Waals surface area contributed by atoms with Gasteiger partial charge in [-0.25, -0.2) is 13.8 Å². The Hall–Kier alpha value is -4.14. The van der Waals surface area contributed by atoms with Gasteiger partial charge >= 0.3 is 5.69 Å². The fraction of sp³-hybridized carbons (Fsp3) is 0.296. The van der Waals surface area contributed by atoms with E-state index in [0.29, 0.717) is 35.3 Å². The minimum Gasteiger partial charge on any atom is -0.399 e. The van der Waals surface area contributed by atoms with Gasteiger partial charge in [-0.1, -0.05) is 26.0 Å². The Labute approximate surface area is 207 Å². The van der Waals surface area contributed by atoms with Gasteiger partial charge in [0, 0.05) is 30.0 Å². The SMILES string of the molecule is CC.Cc1ccc(-n2c(=O)n(C3CC3)c(=O)c3c(Nc4cccc(N)c4)c(C)c(=O)n(C)c32)c(F)c1. The van der Waals surface area contributed by atoms with Crippen LogP contribution in [-0.4, -0.2) is 13.7 Å². The number of rotatable bonds is 4. The Bertz CT molecular complexity index is 1660. The van der Waals surface area contributed by atoms with Crippen molar-refractivity contribution >= 4 is 28.1 Å². The number of aromatic nitrogens is 3. The number of halogens is 1. The first-order valence-corrected chi connectivity index (χ1v) is 12.0. The molecule has 0 spiro atoms. The maximum absolute atomic E-state index is 15.1. The molecule has 1 aliphatic rings. The van der Waals surface area contributed by atoms with E-state index in [1.54, 1.807) is 44.2 Å². The molecule has 1 fully saturated rings. The Balaban J connectivity index is 0.00000148. The number of nitrogens with one attached hydrogen (secondary N) is 1. The van der Waals surface area contributed by atoms with Crippen LogP contribution in [-0.2, 0) is 7.05 Å². The molecule has 9 heteroatoms. The highest BCUT2D eigenvalue weighted by Gasteiger charge is 2.32. The van der Waals surface area contributed by atoms with Crippen LogP contribution in [0.5, 0.6) is 0 Å². The van der Waals surface area contributed by atoms with Crippen LogP contribution in [0.15, 0.2) is 56.8 Å². The summed E-state index contributed by atoms with van der Waals surface area (Å²) in [4.78, 5) is 40.5. The molecule has 3 N–H and O–H groups in total. The van der Waals surface area contributed by atoms with E-state index in [4.69, 9.17) is 5.73 Å². The topological polar surface area (TPSA) is 104 Å². The number of anilines is 3. The molecule has 0 unspecified atom stereocenters. The average molecular weight is 492 g/mol. The van der Waals surface area contributed by atoms with E-state index in [2.05, 4.69) is 5.32 Å². The average Bonchev–Trinajstić information content (AvgIpc) is 3.68. The molecule has 1 aliphatic carbocycles. The maximum atomic E-state index is 15.1. The van der Waals surface area contributed by atoms with Gasteiger partial charge < -0.3 is 11.1 Å². The van der Waals surface area contributed by atoms with Crippen LogP contribution in [0, 0.1) is 19.7 Å². The molecule has 2 heterocycles. The number of hydrogen-bond donors (Lipinski definition) is 2. The lowest BCUT2D eigenvalue weighted by molar-refractivity contribution is 0.596. The number of pyridine rings is 1. The predicted octanol–water partition coefficient (Wildman–Crippen LogP) is 4.29. The van der Waals surface area contributed by atoms with Gasteiger partial charge in [-0.05, 0) is 62.6 Å². The number of nitrogens with zero attached hydrogens (tertiary/aromatic N) is 3.